The third-order valence-electron chi connectivity index (χ3n) is 6.26. The lowest BCUT2D eigenvalue weighted by Crippen LogP contribution is -2.44. The smallest absolute Gasteiger partial charge is 0.192 e. The molecular formula is C22H37NO2Si. The molecule has 0 fully saturated rings. The largest absolute Gasteiger partial charge is 0.410 e. The molecule has 0 spiro atoms. The van der Waals surface area contributed by atoms with Gasteiger partial charge in [-0.2, -0.15) is 0 Å². The summed E-state index contributed by atoms with van der Waals surface area (Å²) in [5.41, 5.74) is 5.24. The molecule has 0 saturated carbocycles. The standard InChI is InChI=1S/C22H37NO2Si/c1-14(2)20-16(13-24)15(3)19-17(23-20)11-22(7,8)12-18(19)25-26(9,10)21(4,5)6/h13-14,18H,11-12H2,1-10H3. The Kier molecular flexibility index (Phi) is 5.62. The van der Waals surface area contributed by atoms with E-state index >= 15 is 0 Å². The van der Waals surface area contributed by atoms with Crippen LogP contribution >= 0.6 is 0 Å². The van der Waals surface area contributed by atoms with Gasteiger partial charge in [-0.1, -0.05) is 48.5 Å². The van der Waals surface area contributed by atoms with Crippen molar-refractivity contribution >= 4 is 14.6 Å². The van der Waals surface area contributed by atoms with Gasteiger partial charge in [0, 0.05) is 16.8 Å². The maximum atomic E-state index is 11.8. The monoisotopic (exact) mass is 375 g/mol. The molecule has 2 rings (SSSR count). The van der Waals surface area contributed by atoms with Crippen molar-refractivity contribution in [3.8, 4) is 0 Å². The van der Waals surface area contributed by atoms with Crippen LogP contribution in [0, 0.1) is 12.3 Å². The van der Waals surface area contributed by atoms with Crippen LogP contribution in [0.15, 0.2) is 0 Å². The van der Waals surface area contributed by atoms with Gasteiger partial charge in [0.2, 0.25) is 0 Å². The van der Waals surface area contributed by atoms with Crippen LogP contribution in [-0.4, -0.2) is 19.6 Å². The second kappa shape index (κ2) is 6.86. The Hall–Kier alpha value is -1.00. The molecule has 1 atom stereocenters. The zero-order chi connectivity index (χ0) is 20.1. The van der Waals surface area contributed by atoms with Gasteiger partial charge in [0.15, 0.2) is 14.6 Å². The Balaban J connectivity index is 2.64. The minimum absolute atomic E-state index is 0.0297. The molecule has 1 heterocycles. The maximum Gasteiger partial charge on any atom is 0.192 e. The fourth-order valence-corrected chi connectivity index (χ4v) is 5.00. The van der Waals surface area contributed by atoms with Crippen LogP contribution in [0.1, 0.15) is 99.8 Å². The zero-order valence-corrected chi connectivity index (χ0v) is 19.4. The molecule has 0 N–H and O–H groups in total. The van der Waals surface area contributed by atoms with Crippen molar-refractivity contribution < 1.29 is 9.22 Å². The summed E-state index contributed by atoms with van der Waals surface area (Å²) in [7, 11) is -1.93. The zero-order valence-electron chi connectivity index (χ0n) is 18.4. The molecule has 0 aliphatic heterocycles. The molecule has 0 saturated heterocycles. The summed E-state index contributed by atoms with van der Waals surface area (Å²) >= 11 is 0. The van der Waals surface area contributed by atoms with Crippen LogP contribution in [0.4, 0.5) is 0 Å². The van der Waals surface area contributed by atoms with Crippen molar-refractivity contribution in [1.82, 2.24) is 4.98 Å². The van der Waals surface area contributed by atoms with E-state index < -0.39 is 8.32 Å². The van der Waals surface area contributed by atoms with Gasteiger partial charge in [-0.15, -0.1) is 0 Å². The molecule has 1 aromatic rings. The van der Waals surface area contributed by atoms with Crippen LogP contribution in [0.25, 0.3) is 0 Å². The second-order valence-electron chi connectivity index (χ2n) is 10.6. The van der Waals surface area contributed by atoms with Crippen LogP contribution in [0.3, 0.4) is 0 Å². The first kappa shape index (κ1) is 21.3. The molecule has 1 aliphatic carbocycles. The second-order valence-corrected chi connectivity index (χ2v) is 15.3. The lowest BCUT2D eigenvalue weighted by molar-refractivity contribution is 0.105. The van der Waals surface area contributed by atoms with E-state index in [9.17, 15) is 4.79 Å². The van der Waals surface area contributed by atoms with E-state index in [4.69, 9.17) is 9.41 Å². The van der Waals surface area contributed by atoms with Crippen LogP contribution in [-0.2, 0) is 10.8 Å². The molecule has 0 radical (unpaired) electrons. The summed E-state index contributed by atoms with van der Waals surface area (Å²) < 4.78 is 6.87. The summed E-state index contributed by atoms with van der Waals surface area (Å²) in [5, 5.41) is 0.154. The highest BCUT2D eigenvalue weighted by Gasteiger charge is 2.43. The van der Waals surface area contributed by atoms with E-state index in [2.05, 4.69) is 68.5 Å². The van der Waals surface area contributed by atoms with Gasteiger partial charge < -0.3 is 4.43 Å². The number of hydrogen-bond donors (Lipinski definition) is 0. The number of nitrogens with zero attached hydrogens (tertiary/aromatic N) is 1. The third kappa shape index (κ3) is 3.96. The number of carbonyl (C=O) groups excluding carboxylic acids is 1. The van der Waals surface area contributed by atoms with Gasteiger partial charge in [-0.25, -0.2) is 0 Å². The minimum atomic E-state index is -1.93. The van der Waals surface area contributed by atoms with E-state index in [0.29, 0.717) is 0 Å². The molecule has 1 unspecified atom stereocenters. The molecule has 0 amide bonds. The van der Waals surface area contributed by atoms with Crippen molar-refractivity contribution in [3.05, 3.63) is 28.1 Å². The summed E-state index contributed by atoms with van der Waals surface area (Å²) in [6.45, 7) is 22.3. The molecular weight excluding hydrogens is 338 g/mol. The molecule has 146 valence electrons. The van der Waals surface area contributed by atoms with E-state index in [-0.39, 0.29) is 22.5 Å². The van der Waals surface area contributed by atoms with Crippen LogP contribution < -0.4 is 0 Å². The van der Waals surface area contributed by atoms with Crippen LogP contribution in [0.5, 0.6) is 0 Å². The number of aldehydes is 1. The molecule has 0 aromatic carbocycles. The number of rotatable bonds is 4. The van der Waals surface area contributed by atoms with Crippen molar-refractivity contribution in [2.45, 2.75) is 98.4 Å². The topological polar surface area (TPSA) is 39.2 Å². The normalized spacial score (nSPS) is 20.2. The summed E-state index contributed by atoms with van der Waals surface area (Å²) in [5.74, 6) is 0.240. The summed E-state index contributed by atoms with van der Waals surface area (Å²) in [6.07, 6.45) is 2.94. The van der Waals surface area contributed by atoms with Crippen molar-refractivity contribution in [2.24, 2.45) is 5.41 Å². The molecule has 4 heteroatoms. The Labute approximate surface area is 161 Å². The van der Waals surface area contributed by atoms with Crippen molar-refractivity contribution in [2.75, 3.05) is 0 Å². The Morgan fingerprint density at radius 3 is 2.31 bits per heavy atom. The van der Waals surface area contributed by atoms with Crippen molar-refractivity contribution in [3.63, 3.8) is 0 Å². The maximum absolute atomic E-state index is 11.8. The van der Waals surface area contributed by atoms with E-state index in [0.717, 1.165) is 41.6 Å². The first-order chi connectivity index (χ1) is 11.7. The summed E-state index contributed by atoms with van der Waals surface area (Å²) in [6, 6.07) is 0. The highest BCUT2D eigenvalue weighted by atomic mass is 28.4. The lowest BCUT2D eigenvalue weighted by atomic mass is 9.73. The summed E-state index contributed by atoms with van der Waals surface area (Å²) in [4.78, 5) is 16.8. The van der Waals surface area contributed by atoms with E-state index in [1.807, 2.05) is 0 Å². The first-order valence-corrected chi connectivity index (χ1v) is 12.8. The number of aromatic nitrogens is 1. The van der Waals surface area contributed by atoms with Gasteiger partial charge in [0.25, 0.3) is 0 Å². The first-order valence-electron chi connectivity index (χ1n) is 9.86. The number of fused-ring (bicyclic) bond motifs is 1. The van der Waals surface area contributed by atoms with Gasteiger partial charge >= 0.3 is 0 Å². The average Bonchev–Trinajstić information content (AvgIpc) is 2.43. The van der Waals surface area contributed by atoms with E-state index in [1.54, 1.807) is 0 Å². The fraction of sp³-hybridized carbons (Fsp3) is 0.727. The quantitative estimate of drug-likeness (QED) is 0.454. The van der Waals surface area contributed by atoms with Crippen molar-refractivity contribution in [1.29, 1.82) is 0 Å². The SMILES string of the molecule is Cc1c(C=O)c(C(C)C)nc2c1C(O[Si](C)(C)C(C)(C)C)CC(C)(C)C2. The number of carbonyl (C=O) groups is 1. The predicted molar refractivity (Wildman–Crippen MR) is 112 cm³/mol. The number of pyridine rings is 1. The lowest BCUT2D eigenvalue weighted by Gasteiger charge is -2.44. The molecule has 1 aliphatic rings. The Bertz CT molecular complexity index is 699. The van der Waals surface area contributed by atoms with Gasteiger partial charge in [0.05, 0.1) is 11.8 Å². The van der Waals surface area contributed by atoms with Gasteiger partial charge in [-0.3, -0.25) is 9.78 Å². The Morgan fingerprint density at radius 1 is 1.27 bits per heavy atom. The Morgan fingerprint density at radius 2 is 1.85 bits per heavy atom. The predicted octanol–water partition coefficient (Wildman–Crippen LogP) is 6.36. The minimum Gasteiger partial charge on any atom is -0.410 e. The molecule has 3 nitrogen and oxygen atoms in total. The molecule has 26 heavy (non-hydrogen) atoms. The highest BCUT2D eigenvalue weighted by molar-refractivity contribution is 6.74. The fourth-order valence-electron chi connectivity index (χ4n) is 3.73. The van der Waals surface area contributed by atoms with E-state index in [1.165, 1.54) is 5.56 Å². The van der Waals surface area contributed by atoms with Crippen LogP contribution in [0.2, 0.25) is 18.1 Å². The molecule has 0 bridgehead atoms. The van der Waals surface area contributed by atoms with Gasteiger partial charge in [-0.05, 0) is 54.8 Å². The number of hydrogen-bond acceptors (Lipinski definition) is 3. The van der Waals surface area contributed by atoms with Gasteiger partial charge in [0.1, 0.15) is 0 Å². The average molecular weight is 376 g/mol. The molecule has 1 aromatic heterocycles. The highest BCUT2D eigenvalue weighted by Crippen LogP contribution is 2.48. The third-order valence-corrected chi connectivity index (χ3v) is 10.8.